The molecule has 4 unspecified atom stereocenters. The van der Waals surface area contributed by atoms with Gasteiger partial charge in [-0.15, -0.1) is 0 Å². The predicted molar refractivity (Wildman–Crippen MR) is 234 cm³/mol. The zero-order chi connectivity index (χ0) is 45.4. The zero-order valence-corrected chi connectivity index (χ0v) is 38.1. The van der Waals surface area contributed by atoms with Crippen LogP contribution >= 0.6 is 0 Å². The summed E-state index contributed by atoms with van der Waals surface area (Å²) >= 11 is 0. The summed E-state index contributed by atoms with van der Waals surface area (Å²) in [7, 11) is 0. The molecule has 0 aromatic carbocycles. The van der Waals surface area contributed by atoms with Gasteiger partial charge in [0.2, 0.25) is 0 Å². The summed E-state index contributed by atoms with van der Waals surface area (Å²) in [6, 6.07) is 0. The van der Waals surface area contributed by atoms with Crippen molar-refractivity contribution in [2.75, 3.05) is 26.4 Å². The van der Waals surface area contributed by atoms with Crippen molar-refractivity contribution in [2.45, 2.75) is 248 Å². The molecule has 2 saturated heterocycles. The van der Waals surface area contributed by atoms with Crippen LogP contribution in [0.1, 0.15) is 181 Å². The first-order valence-corrected chi connectivity index (χ1v) is 24.3. The Bertz CT molecular complexity index is 1140. The fourth-order valence-corrected chi connectivity index (χ4v) is 7.68. The first kappa shape index (κ1) is 56.4. The molecule has 0 aromatic rings. The van der Waals surface area contributed by atoms with E-state index in [2.05, 4.69) is 26.0 Å². The van der Waals surface area contributed by atoms with Crippen molar-refractivity contribution < 1.29 is 73.8 Å². The summed E-state index contributed by atoms with van der Waals surface area (Å²) < 4.78 is 33.5. The smallest absolute Gasteiger partial charge is 0.306 e. The van der Waals surface area contributed by atoms with E-state index in [0.717, 1.165) is 51.4 Å². The molecule has 0 bridgehead atoms. The van der Waals surface area contributed by atoms with Crippen LogP contribution in [0.15, 0.2) is 12.2 Å². The van der Waals surface area contributed by atoms with E-state index in [9.17, 15) is 45.3 Å². The van der Waals surface area contributed by atoms with Gasteiger partial charge < -0.3 is 64.2 Å². The van der Waals surface area contributed by atoms with Crippen LogP contribution in [0.5, 0.6) is 0 Å². The molecule has 0 spiro atoms. The number of unbranched alkanes of at least 4 members (excludes halogenated alkanes) is 21. The van der Waals surface area contributed by atoms with Gasteiger partial charge in [0.1, 0.15) is 55.4 Å². The van der Waals surface area contributed by atoms with Crippen molar-refractivity contribution >= 4 is 11.9 Å². The minimum atomic E-state index is -1.76. The Labute approximate surface area is 371 Å². The first-order chi connectivity index (χ1) is 30.0. The normalized spacial score (nSPS) is 27.1. The molecule has 2 heterocycles. The quantitative estimate of drug-likeness (QED) is 0.0221. The van der Waals surface area contributed by atoms with Crippen molar-refractivity contribution in [1.82, 2.24) is 0 Å². The Morgan fingerprint density at radius 2 is 0.919 bits per heavy atom. The number of hydrogen-bond donors (Lipinski definition) is 7. The van der Waals surface area contributed by atoms with Crippen LogP contribution < -0.4 is 0 Å². The van der Waals surface area contributed by atoms with Gasteiger partial charge in [-0.1, -0.05) is 142 Å². The fraction of sp³-hybridized carbons (Fsp3) is 0.915. The molecular formula is C47H86O15. The highest BCUT2D eigenvalue weighted by molar-refractivity contribution is 5.70. The standard InChI is InChI=1S/C47H86O15/c1-3-5-7-9-11-13-15-16-17-18-20-22-24-26-28-30-39(50)60-35(32-57-38(49)29-27-25-23-21-19-14-12-10-8-6-4-2)33-58-46-45(56)43(54)41(52)37(62-46)34-59-47-44(55)42(53)40(51)36(31-48)61-47/h13,15,35-37,40-48,51-56H,3-12,14,16-34H2,1-2H3/b15-13+/t35-,36-,37-,40+,41+,42?,43?,44?,45?,46-,47-/m1/s1. The topological polar surface area (TPSA) is 231 Å². The van der Waals surface area contributed by atoms with Crippen molar-refractivity contribution in [1.29, 1.82) is 0 Å². The number of aliphatic hydroxyl groups excluding tert-OH is 7. The van der Waals surface area contributed by atoms with Crippen LogP contribution in [0.2, 0.25) is 0 Å². The van der Waals surface area contributed by atoms with Crippen molar-refractivity contribution in [3.8, 4) is 0 Å². The maximum absolute atomic E-state index is 13.0. The molecule has 0 saturated carbocycles. The Morgan fingerprint density at radius 1 is 0.500 bits per heavy atom. The molecule has 0 radical (unpaired) electrons. The maximum atomic E-state index is 13.0. The molecular weight excluding hydrogens is 805 g/mol. The number of rotatable bonds is 37. The molecule has 15 nitrogen and oxygen atoms in total. The third-order valence-electron chi connectivity index (χ3n) is 11.7. The van der Waals surface area contributed by atoms with E-state index in [1.54, 1.807) is 0 Å². The van der Waals surface area contributed by atoms with E-state index in [1.165, 1.54) is 89.9 Å². The van der Waals surface area contributed by atoms with Gasteiger partial charge in [-0.05, 0) is 38.5 Å². The minimum Gasteiger partial charge on any atom is -0.462 e. The summed E-state index contributed by atoms with van der Waals surface area (Å²) in [5.74, 6) is -0.925. The van der Waals surface area contributed by atoms with Crippen molar-refractivity contribution in [2.24, 2.45) is 0 Å². The molecule has 15 heteroatoms. The second-order valence-electron chi connectivity index (χ2n) is 17.3. The molecule has 0 amide bonds. The Morgan fingerprint density at radius 3 is 1.44 bits per heavy atom. The molecule has 7 N–H and O–H groups in total. The lowest BCUT2D eigenvalue weighted by Gasteiger charge is -2.42. The second-order valence-corrected chi connectivity index (χ2v) is 17.3. The van der Waals surface area contributed by atoms with Gasteiger partial charge in [0.15, 0.2) is 18.7 Å². The predicted octanol–water partition coefficient (Wildman–Crippen LogP) is 5.82. The number of allylic oxidation sites excluding steroid dienone is 2. The highest BCUT2D eigenvalue weighted by Gasteiger charge is 2.47. The SMILES string of the molecule is CCCCCC/C=C/CCCCCCCCCC(=O)O[C@H](COC(=O)CCCCCCCCCCCCC)CO[C@@H]1O[C@H](CO[C@@H]2O[C@H](CO)[C@H](O)C(O)C2O)[C@H](O)C(O)C1O. The van der Waals surface area contributed by atoms with E-state index < -0.39 is 92.7 Å². The lowest BCUT2D eigenvalue weighted by atomic mass is 9.98. The third kappa shape index (κ3) is 24.0. The highest BCUT2D eigenvalue weighted by Crippen LogP contribution is 2.26. The Hall–Kier alpha value is -1.76. The van der Waals surface area contributed by atoms with E-state index >= 15 is 0 Å². The van der Waals surface area contributed by atoms with Gasteiger partial charge in [-0.3, -0.25) is 9.59 Å². The van der Waals surface area contributed by atoms with E-state index in [0.29, 0.717) is 12.8 Å². The average Bonchev–Trinajstić information content (AvgIpc) is 3.26. The molecule has 2 fully saturated rings. The molecule has 11 atom stereocenters. The van der Waals surface area contributed by atoms with Gasteiger partial charge in [0.25, 0.3) is 0 Å². The van der Waals surface area contributed by atoms with E-state index in [-0.39, 0.29) is 26.1 Å². The summed E-state index contributed by atoms with van der Waals surface area (Å²) in [5, 5.41) is 71.9. The largest absolute Gasteiger partial charge is 0.462 e. The molecule has 2 aliphatic rings. The van der Waals surface area contributed by atoms with E-state index in [1.807, 2.05) is 0 Å². The van der Waals surface area contributed by atoms with Gasteiger partial charge in [0.05, 0.1) is 19.8 Å². The minimum absolute atomic E-state index is 0.164. The van der Waals surface area contributed by atoms with Crippen LogP contribution in [-0.2, 0) is 38.0 Å². The molecule has 2 aliphatic heterocycles. The zero-order valence-electron chi connectivity index (χ0n) is 38.1. The Kier molecular flexibility index (Phi) is 32.3. The molecule has 364 valence electrons. The second kappa shape index (κ2) is 35.5. The van der Waals surface area contributed by atoms with Crippen LogP contribution in [0.4, 0.5) is 0 Å². The van der Waals surface area contributed by atoms with Gasteiger partial charge in [0, 0.05) is 12.8 Å². The van der Waals surface area contributed by atoms with E-state index in [4.69, 9.17) is 28.4 Å². The highest BCUT2D eigenvalue weighted by atomic mass is 16.7. The lowest BCUT2D eigenvalue weighted by Crippen LogP contribution is -2.61. The molecule has 0 aromatic heterocycles. The first-order valence-electron chi connectivity index (χ1n) is 24.3. The molecule has 62 heavy (non-hydrogen) atoms. The van der Waals surface area contributed by atoms with Gasteiger partial charge in [-0.2, -0.15) is 0 Å². The van der Waals surface area contributed by atoms with Crippen LogP contribution in [0.25, 0.3) is 0 Å². The summed E-state index contributed by atoms with van der Waals surface area (Å²) in [5.41, 5.74) is 0. The van der Waals surface area contributed by atoms with Crippen LogP contribution in [-0.4, -0.2) is 142 Å². The monoisotopic (exact) mass is 891 g/mol. The number of hydrogen-bond acceptors (Lipinski definition) is 15. The number of esters is 2. The number of carbonyl (C=O) groups excluding carboxylic acids is 2. The summed E-state index contributed by atoms with van der Waals surface area (Å²) in [4.78, 5) is 25.6. The number of ether oxygens (including phenoxy) is 6. The number of carbonyl (C=O) groups is 2. The lowest BCUT2D eigenvalue weighted by molar-refractivity contribution is -0.332. The summed E-state index contributed by atoms with van der Waals surface area (Å²) in [6.45, 7) is 2.56. The fourth-order valence-electron chi connectivity index (χ4n) is 7.68. The summed E-state index contributed by atoms with van der Waals surface area (Å²) in [6.07, 6.45) is 15.3. The molecule has 0 aliphatic carbocycles. The number of aliphatic hydroxyl groups is 7. The third-order valence-corrected chi connectivity index (χ3v) is 11.7. The van der Waals surface area contributed by atoms with Crippen LogP contribution in [0.3, 0.4) is 0 Å². The van der Waals surface area contributed by atoms with Crippen molar-refractivity contribution in [3.05, 3.63) is 12.2 Å². The van der Waals surface area contributed by atoms with Crippen molar-refractivity contribution in [3.63, 3.8) is 0 Å². The molecule has 2 rings (SSSR count). The van der Waals surface area contributed by atoms with Gasteiger partial charge >= 0.3 is 11.9 Å². The average molecular weight is 891 g/mol. The Balaban J connectivity index is 1.83. The van der Waals surface area contributed by atoms with Gasteiger partial charge in [-0.25, -0.2) is 0 Å². The maximum Gasteiger partial charge on any atom is 0.306 e. The van der Waals surface area contributed by atoms with Crippen LogP contribution in [0, 0.1) is 0 Å².